The summed E-state index contributed by atoms with van der Waals surface area (Å²) in [6.45, 7) is 11.9. The van der Waals surface area contributed by atoms with Gasteiger partial charge in [-0.25, -0.2) is 0 Å². The number of benzene rings is 2. The van der Waals surface area contributed by atoms with Crippen molar-refractivity contribution in [3.8, 4) is 11.5 Å². The van der Waals surface area contributed by atoms with Gasteiger partial charge in [-0.3, -0.25) is 0 Å². The van der Waals surface area contributed by atoms with E-state index in [9.17, 15) is 5.11 Å². The van der Waals surface area contributed by atoms with Gasteiger partial charge in [0, 0.05) is 6.61 Å². The first kappa shape index (κ1) is 30.6. The van der Waals surface area contributed by atoms with E-state index in [0.29, 0.717) is 61.2 Å². The molecular formula is C35H50O5. The standard InChI is InChI=1S/C35H50O5/c1-23(2)35(22-40-21-27-9-13-30(38-6)14-10-27)33-16-24(3)15-32-31(17-28(36)18-34(32)33)25(4)19-39-20-26-7-11-29(37-5)12-8-26/h7-15,23,25,28,31-36H,16-22H2,1-6H3/t25-,28+,31+,32-,33-,34+,35-/m1/s1. The quantitative estimate of drug-likeness (QED) is 0.265. The van der Waals surface area contributed by atoms with Crippen LogP contribution in [0.1, 0.15) is 58.1 Å². The Bertz CT molecular complexity index is 1060. The van der Waals surface area contributed by atoms with Crippen LogP contribution in [-0.2, 0) is 22.7 Å². The van der Waals surface area contributed by atoms with Crippen molar-refractivity contribution < 1.29 is 24.1 Å². The molecule has 0 saturated heterocycles. The van der Waals surface area contributed by atoms with Crippen molar-refractivity contribution in [1.82, 2.24) is 0 Å². The van der Waals surface area contributed by atoms with E-state index in [1.165, 1.54) is 5.57 Å². The Labute approximate surface area is 241 Å². The molecule has 0 aliphatic heterocycles. The second-order valence-corrected chi connectivity index (χ2v) is 12.5. The number of rotatable bonds is 13. The van der Waals surface area contributed by atoms with E-state index in [0.717, 1.165) is 48.5 Å². The van der Waals surface area contributed by atoms with Gasteiger partial charge < -0.3 is 24.1 Å². The van der Waals surface area contributed by atoms with Gasteiger partial charge in [-0.15, -0.1) is 0 Å². The van der Waals surface area contributed by atoms with Gasteiger partial charge in [-0.1, -0.05) is 56.7 Å². The Morgan fingerprint density at radius 1 is 0.775 bits per heavy atom. The van der Waals surface area contributed by atoms with Crippen LogP contribution in [0.15, 0.2) is 60.2 Å². The molecule has 0 unspecified atom stereocenters. The molecule has 1 saturated carbocycles. The molecule has 5 nitrogen and oxygen atoms in total. The van der Waals surface area contributed by atoms with E-state index in [4.69, 9.17) is 18.9 Å². The lowest BCUT2D eigenvalue weighted by Crippen LogP contribution is -2.46. The summed E-state index contributed by atoms with van der Waals surface area (Å²) in [5, 5.41) is 11.1. The molecule has 2 aliphatic carbocycles. The third-order valence-electron chi connectivity index (χ3n) is 9.35. The largest absolute Gasteiger partial charge is 0.497 e. The molecule has 0 spiro atoms. The van der Waals surface area contributed by atoms with Crippen molar-refractivity contribution in [3.05, 3.63) is 71.3 Å². The van der Waals surface area contributed by atoms with Gasteiger partial charge in [0.15, 0.2) is 0 Å². The molecule has 220 valence electrons. The van der Waals surface area contributed by atoms with Crippen LogP contribution in [0.5, 0.6) is 11.5 Å². The highest BCUT2D eigenvalue weighted by molar-refractivity contribution is 5.27. The zero-order chi connectivity index (χ0) is 28.6. The first-order valence-electron chi connectivity index (χ1n) is 15.1. The maximum Gasteiger partial charge on any atom is 0.118 e. The molecule has 0 bridgehead atoms. The predicted molar refractivity (Wildman–Crippen MR) is 160 cm³/mol. The summed E-state index contributed by atoms with van der Waals surface area (Å²) in [6.07, 6.45) is 5.12. The number of fused-ring (bicyclic) bond motifs is 1. The average Bonchev–Trinajstić information content (AvgIpc) is 2.95. The van der Waals surface area contributed by atoms with Gasteiger partial charge in [-0.2, -0.15) is 0 Å². The third kappa shape index (κ3) is 7.90. The Morgan fingerprint density at radius 3 is 1.85 bits per heavy atom. The smallest absolute Gasteiger partial charge is 0.118 e. The number of hydrogen-bond donors (Lipinski definition) is 1. The van der Waals surface area contributed by atoms with Gasteiger partial charge in [0.05, 0.1) is 40.1 Å². The minimum atomic E-state index is -0.252. The van der Waals surface area contributed by atoms with Crippen LogP contribution in [-0.4, -0.2) is 38.6 Å². The number of aliphatic hydroxyl groups is 1. The lowest BCUT2D eigenvalue weighted by molar-refractivity contribution is -0.0508. The summed E-state index contributed by atoms with van der Waals surface area (Å²) in [5.74, 6) is 4.92. The molecule has 2 aliphatic rings. The summed E-state index contributed by atoms with van der Waals surface area (Å²) in [6, 6.07) is 16.2. The van der Waals surface area contributed by atoms with Crippen molar-refractivity contribution in [3.63, 3.8) is 0 Å². The maximum atomic E-state index is 11.1. The topological polar surface area (TPSA) is 57.2 Å². The van der Waals surface area contributed by atoms with Gasteiger partial charge in [-0.05, 0) is 103 Å². The molecule has 40 heavy (non-hydrogen) atoms. The minimum absolute atomic E-state index is 0.252. The number of aliphatic hydroxyl groups excluding tert-OH is 1. The SMILES string of the molecule is COc1ccc(COC[C@@H](C)[C@@H]2C[C@H](O)C[C@H]3[C@@H]2C=C(C)C[C@H]3[C@H](COCc2ccc(OC)cc2)C(C)C)cc1. The molecule has 1 fully saturated rings. The number of allylic oxidation sites excluding steroid dienone is 2. The van der Waals surface area contributed by atoms with Crippen LogP contribution in [0, 0.1) is 41.4 Å². The monoisotopic (exact) mass is 550 g/mol. The van der Waals surface area contributed by atoms with Crippen molar-refractivity contribution in [2.75, 3.05) is 27.4 Å². The molecule has 7 atom stereocenters. The second-order valence-electron chi connectivity index (χ2n) is 12.5. The van der Waals surface area contributed by atoms with Crippen molar-refractivity contribution in [2.24, 2.45) is 41.4 Å². The van der Waals surface area contributed by atoms with Gasteiger partial charge in [0.2, 0.25) is 0 Å². The van der Waals surface area contributed by atoms with Crippen molar-refractivity contribution >= 4 is 0 Å². The van der Waals surface area contributed by atoms with E-state index in [1.807, 2.05) is 24.3 Å². The molecule has 0 amide bonds. The minimum Gasteiger partial charge on any atom is -0.497 e. The maximum absolute atomic E-state index is 11.1. The Balaban J connectivity index is 1.39. The fraction of sp³-hybridized carbons (Fsp3) is 0.600. The average molecular weight is 551 g/mol. The Kier molecular flexibility index (Phi) is 11.1. The zero-order valence-electron chi connectivity index (χ0n) is 25.3. The zero-order valence-corrected chi connectivity index (χ0v) is 25.3. The van der Waals surface area contributed by atoms with E-state index in [-0.39, 0.29) is 6.10 Å². The predicted octanol–water partition coefficient (Wildman–Crippen LogP) is 7.32. The van der Waals surface area contributed by atoms with Crippen LogP contribution in [0.3, 0.4) is 0 Å². The van der Waals surface area contributed by atoms with E-state index >= 15 is 0 Å². The molecule has 2 aromatic rings. The van der Waals surface area contributed by atoms with Gasteiger partial charge >= 0.3 is 0 Å². The summed E-state index contributed by atoms with van der Waals surface area (Å²) in [5.41, 5.74) is 3.80. The molecule has 2 aromatic carbocycles. The Morgan fingerprint density at radius 2 is 1.32 bits per heavy atom. The molecule has 0 radical (unpaired) electrons. The van der Waals surface area contributed by atoms with Crippen molar-refractivity contribution in [2.45, 2.75) is 66.3 Å². The number of hydrogen-bond acceptors (Lipinski definition) is 5. The van der Waals surface area contributed by atoms with E-state index in [2.05, 4.69) is 58.0 Å². The van der Waals surface area contributed by atoms with Gasteiger partial charge in [0.1, 0.15) is 11.5 Å². The highest BCUT2D eigenvalue weighted by Gasteiger charge is 2.46. The summed E-state index contributed by atoms with van der Waals surface area (Å²) < 4.78 is 23.1. The highest BCUT2D eigenvalue weighted by Crippen LogP contribution is 2.51. The molecule has 5 heteroatoms. The third-order valence-corrected chi connectivity index (χ3v) is 9.35. The molecule has 4 rings (SSSR count). The molecule has 1 N–H and O–H groups in total. The van der Waals surface area contributed by atoms with E-state index < -0.39 is 0 Å². The Hall–Kier alpha value is -2.34. The van der Waals surface area contributed by atoms with Crippen molar-refractivity contribution in [1.29, 1.82) is 0 Å². The van der Waals surface area contributed by atoms with Crippen LogP contribution < -0.4 is 9.47 Å². The first-order valence-corrected chi connectivity index (χ1v) is 15.1. The molecule has 0 aromatic heterocycles. The number of ether oxygens (including phenoxy) is 4. The fourth-order valence-electron chi connectivity index (χ4n) is 7.12. The van der Waals surface area contributed by atoms with Crippen LogP contribution >= 0.6 is 0 Å². The number of methoxy groups -OCH3 is 2. The molecular weight excluding hydrogens is 500 g/mol. The first-order chi connectivity index (χ1) is 19.3. The fourth-order valence-corrected chi connectivity index (χ4v) is 7.12. The lowest BCUT2D eigenvalue weighted by Gasteiger charge is -2.50. The van der Waals surface area contributed by atoms with Crippen LogP contribution in [0.4, 0.5) is 0 Å². The normalized spacial score (nSPS) is 26.1. The van der Waals surface area contributed by atoms with Crippen LogP contribution in [0.25, 0.3) is 0 Å². The highest BCUT2D eigenvalue weighted by atomic mass is 16.5. The van der Waals surface area contributed by atoms with Gasteiger partial charge in [0.25, 0.3) is 0 Å². The van der Waals surface area contributed by atoms with E-state index in [1.54, 1.807) is 14.2 Å². The molecule has 0 heterocycles. The van der Waals surface area contributed by atoms with Crippen LogP contribution in [0.2, 0.25) is 0 Å². The summed E-state index contributed by atoms with van der Waals surface area (Å²) in [7, 11) is 3.37. The summed E-state index contributed by atoms with van der Waals surface area (Å²) >= 11 is 0. The lowest BCUT2D eigenvalue weighted by atomic mass is 9.56. The summed E-state index contributed by atoms with van der Waals surface area (Å²) in [4.78, 5) is 0. The second kappa shape index (κ2) is 14.5.